The van der Waals surface area contributed by atoms with Gasteiger partial charge in [-0.3, -0.25) is 4.79 Å². The lowest BCUT2D eigenvalue weighted by molar-refractivity contribution is -0.127. The number of amides is 1. The smallest absolute Gasteiger partial charge is 0.224 e. The fraction of sp³-hybridized carbons (Fsp3) is 0.786. The molecule has 3 rings (SSSR count). The molecule has 0 aromatic carbocycles. The zero-order valence-electron chi connectivity index (χ0n) is 13.5. The lowest BCUT2D eigenvalue weighted by Crippen LogP contribution is -2.49. The highest BCUT2D eigenvalue weighted by Gasteiger charge is 2.32. The summed E-state index contributed by atoms with van der Waals surface area (Å²) in [6.07, 6.45) is 4.30. The second kappa shape index (κ2) is 6.20. The van der Waals surface area contributed by atoms with Gasteiger partial charge in [-0.25, -0.2) is 12.7 Å². The lowest BCUT2D eigenvalue weighted by atomic mass is 9.97. The molecule has 1 N–H and O–H groups in total. The molecule has 1 aromatic rings. The number of hydrogen-bond acceptors (Lipinski definition) is 5. The van der Waals surface area contributed by atoms with Crippen LogP contribution in [0.4, 0.5) is 0 Å². The summed E-state index contributed by atoms with van der Waals surface area (Å²) >= 11 is 0. The van der Waals surface area contributed by atoms with Crippen molar-refractivity contribution in [2.45, 2.75) is 45.2 Å². The molecule has 0 bridgehead atoms. The molecule has 23 heavy (non-hydrogen) atoms. The number of aryl methyl sites for hydroxylation is 2. The quantitative estimate of drug-likeness (QED) is 0.813. The minimum absolute atomic E-state index is 0.0440. The first kappa shape index (κ1) is 16.4. The van der Waals surface area contributed by atoms with Crippen LogP contribution in [0.25, 0.3) is 0 Å². The fourth-order valence-electron chi connectivity index (χ4n) is 3.36. The van der Waals surface area contributed by atoms with Crippen molar-refractivity contribution < 1.29 is 13.2 Å². The Morgan fingerprint density at radius 3 is 2.78 bits per heavy atom. The van der Waals surface area contributed by atoms with Gasteiger partial charge in [0.25, 0.3) is 0 Å². The second-order valence-corrected chi connectivity index (χ2v) is 8.46. The first-order valence-corrected chi connectivity index (χ1v) is 9.83. The van der Waals surface area contributed by atoms with Gasteiger partial charge in [0.1, 0.15) is 11.6 Å². The predicted octanol–water partition coefficient (Wildman–Crippen LogP) is -0.311. The molecule has 3 heterocycles. The molecule has 2 atom stereocenters. The molecule has 0 unspecified atom stereocenters. The maximum absolute atomic E-state index is 12.5. The molecule has 0 aliphatic carbocycles. The Bertz CT molecular complexity index is 699. The van der Waals surface area contributed by atoms with Crippen LogP contribution >= 0.6 is 0 Å². The molecule has 1 saturated heterocycles. The number of fused-ring (bicyclic) bond motifs is 1. The molecule has 0 saturated carbocycles. The summed E-state index contributed by atoms with van der Waals surface area (Å²) in [5.41, 5.74) is 0. The average Bonchev–Trinajstić information content (AvgIpc) is 2.88. The fourth-order valence-corrected chi connectivity index (χ4v) is 4.27. The van der Waals surface area contributed by atoms with Gasteiger partial charge in [-0.2, -0.15) is 0 Å². The topological polar surface area (TPSA) is 97.2 Å². The monoisotopic (exact) mass is 341 g/mol. The molecular formula is C14H23N5O3S. The maximum Gasteiger partial charge on any atom is 0.224 e. The summed E-state index contributed by atoms with van der Waals surface area (Å²) in [7, 11) is -3.23. The van der Waals surface area contributed by atoms with Crippen LogP contribution in [0.15, 0.2) is 0 Å². The Labute approximate surface area is 136 Å². The maximum atomic E-state index is 12.5. The normalized spacial score (nSPS) is 25.8. The molecule has 9 heteroatoms. The molecular weight excluding hydrogens is 318 g/mol. The minimum atomic E-state index is -3.23. The largest absolute Gasteiger partial charge is 0.351 e. The Morgan fingerprint density at radius 2 is 2.04 bits per heavy atom. The summed E-state index contributed by atoms with van der Waals surface area (Å²) < 4.78 is 26.8. The van der Waals surface area contributed by atoms with Crippen LogP contribution in [0.2, 0.25) is 0 Å². The average molecular weight is 341 g/mol. The van der Waals surface area contributed by atoms with E-state index in [1.54, 1.807) is 0 Å². The van der Waals surface area contributed by atoms with Crippen LogP contribution in [-0.4, -0.2) is 58.8 Å². The summed E-state index contributed by atoms with van der Waals surface area (Å²) in [5, 5.41) is 11.3. The van der Waals surface area contributed by atoms with Gasteiger partial charge in [0.2, 0.25) is 15.9 Å². The standard InChI is InChI=1S/C14H23N5O3S/c1-10-16-17-13-6-5-12(9-19(10)13)15-14(20)11-4-3-7-18(8-11)23(2,21)22/h11-12H,3-9H2,1-2H3,(H,15,20)/t11-,12-/m1/s1. The van der Waals surface area contributed by atoms with E-state index in [2.05, 4.69) is 15.5 Å². The Kier molecular flexibility index (Phi) is 4.41. The van der Waals surface area contributed by atoms with Crippen molar-refractivity contribution in [2.24, 2.45) is 5.92 Å². The third-order valence-electron chi connectivity index (χ3n) is 4.70. The van der Waals surface area contributed by atoms with E-state index in [0.29, 0.717) is 13.1 Å². The third kappa shape index (κ3) is 3.55. The molecule has 0 spiro atoms. The highest BCUT2D eigenvalue weighted by Crippen LogP contribution is 2.20. The number of aromatic nitrogens is 3. The zero-order chi connectivity index (χ0) is 16.6. The van der Waals surface area contributed by atoms with Crippen molar-refractivity contribution in [3.63, 3.8) is 0 Å². The number of nitrogens with zero attached hydrogens (tertiary/aromatic N) is 4. The van der Waals surface area contributed by atoms with Gasteiger partial charge in [-0.05, 0) is 26.2 Å². The Balaban J connectivity index is 1.60. The number of hydrogen-bond donors (Lipinski definition) is 1. The molecule has 1 amide bonds. The van der Waals surface area contributed by atoms with Crippen molar-refractivity contribution in [3.8, 4) is 0 Å². The highest BCUT2D eigenvalue weighted by atomic mass is 32.2. The Morgan fingerprint density at radius 1 is 1.26 bits per heavy atom. The SMILES string of the molecule is Cc1nnc2n1C[C@H](NC(=O)[C@@H]1CCCN(S(C)(=O)=O)C1)CC2. The van der Waals surface area contributed by atoms with Gasteiger partial charge in [0, 0.05) is 32.1 Å². The predicted molar refractivity (Wildman–Crippen MR) is 84.2 cm³/mol. The van der Waals surface area contributed by atoms with E-state index in [1.807, 2.05) is 11.5 Å². The van der Waals surface area contributed by atoms with E-state index >= 15 is 0 Å². The first-order valence-electron chi connectivity index (χ1n) is 7.99. The van der Waals surface area contributed by atoms with Crippen molar-refractivity contribution in [3.05, 3.63) is 11.6 Å². The zero-order valence-corrected chi connectivity index (χ0v) is 14.3. The van der Waals surface area contributed by atoms with E-state index in [1.165, 1.54) is 10.6 Å². The molecule has 0 radical (unpaired) electrons. The first-order chi connectivity index (χ1) is 10.8. The number of sulfonamides is 1. The highest BCUT2D eigenvalue weighted by molar-refractivity contribution is 7.88. The number of piperidine rings is 1. The number of nitrogens with one attached hydrogen (secondary N) is 1. The van der Waals surface area contributed by atoms with Crippen molar-refractivity contribution in [2.75, 3.05) is 19.3 Å². The molecule has 128 valence electrons. The van der Waals surface area contributed by atoms with Crippen LogP contribution < -0.4 is 5.32 Å². The molecule has 2 aliphatic heterocycles. The van der Waals surface area contributed by atoms with Crippen LogP contribution in [0, 0.1) is 12.8 Å². The molecule has 1 fully saturated rings. The number of carbonyl (C=O) groups is 1. The molecule has 8 nitrogen and oxygen atoms in total. The van der Waals surface area contributed by atoms with Crippen molar-refractivity contribution in [1.29, 1.82) is 0 Å². The summed E-state index contributed by atoms with van der Waals surface area (Å²) in [6, 6.07) is 0.0540. The molecule has 1 aromatic heterocycles. The van der Waals surface area contributed by atoms with Gasteiger partial charge >= 0.3 is 0 Å². The van der Waals surface area contributed by atoms with Gasteiger partial charge in [0.05, 0.1) is 12.2 Å². The van der Waals surface area contributed by atoms with Gasteiger partial charge in [-0.1, -0.05) is 0 Å². The van der Waals surface area contributed by atoms with Gasteiger partial charge < -0.3 is 9.88 Å². The number of carbonyl (C=O) groups excluding carboxylic acids is 1. The van der Waals surface area contributed by atoms with E-state index in [-0.39, 0.29) is 24.4 Å². The van der Waals surface area contributed by atoms with Gasteiger partial charge in [0.15, 0.2) is 0 Å². The lowest BCUT2D eigenvalue weighted by Gasteiger charge is -2.32. The van der Waals surface area contributed by atoms with Crippen molar-refractivity contribution in [1.82, 2.24) is 24.4 Å². The minimum Gasteiger partial charge on any atom is -0.351 e. The van der Waals surface area contributed by atoms with Gasteiger partial charge in [-0.15, -0.1) is 10.2 Å². The number of rotatable bonds is 3. The summed E-state index contributed by atoms with van der Waals surface area (Å²) in [6.45, 7) is 3.39. The van der Waals surface area contributed by atoms with Crippen LogP contribution in [0.5, 0.6) is 0 Å². The van der Waals surface area contributed by atoms with Crippen LogP contribution in [0.3, 0.4) is 0 Å². The van der Waals surface area contributed by atoms with E-state index < -0.39 is 10.0 Å². The van der Waals surface area contributed by atoms with E-state index in [0.717, 1.165) is 37.3 Å². The molecule has 2 aliphatic rings. The summed E-state index contributed by atoms with van der Waals surface area (Å²) in [4.78, 5) is 12.5. The van der Waals surface area contributed by atoms with Crippen LogP contribution in [-0.2, 0) is 27.8 Å². The summed E-state index contributed by atoms with van der Waals surface area (Å²) in [5.74, 6) is 1.52. The van der Waals surface area contributed by atoms with Crippen LogP contribution in [0.1, 0.15) is 30.9 Å². The van der Waals surface area contributed by atoms with E-state index in [9.17, 15) is 13.2 Å². The van der Waals surface area contributed by atoms with E-state index in [4.69, 9.17) is 0 Å². The second-order valence-electron chi connectivity index (χ2n) is 6.48. The third-order valence-corrected chi connectivity index (χ3v) is 5.97. The van der Waals surface area contributed by atoms with Crippen molar-refractivity contribution >= 4 is 15.9 Å². The Hall–Kier alpha value is -1.48.